The van der Waals surface area contributed by atoms with Gasteiger partial charge in [0.25, 0.3) is 0 Å². The summed E-state index contributed by atoms with van der Waals surface area (Å²) in [6.45, 7) is 12.5. The Labute approximate surface area is 124 Å². The van der Waals surface area contributed by atoms with E-state index in [4.69, 9.17) is 9.47 Å². The van der Waals surface area contributed by atoms with Crippen LogP contribution in [0.3, 0.4) is 0 Å². The van der Waals surface area contributed by atoms with E-state index < -0.39 is 0 Å². The van der Waals surface area contributed by atoms with Gasteiger partial charge in [-0.1, -0.05) is 40.7 Å². The lowest BCUT2D eigenvalue weighted by Gasteiger charge is -2.15. The van der Waals surface area contributed by atoms with Gasteiger partial charge in [0.05, 0.1) is 13.2 Å². The van der Waals surface area contributed by atoms with Crippen molar-refractivity contribution in [3.05, 3.63) is 23.8 Å². The summed E-state index contributed by atoms with van der Waals surface area (Å²) in [5.74, 6) is 3.10. The minimum Gasteiger partial charge on any atom is -0.490 e. The van der Waals surface area contributed by atoms with Crippen LogP contribution in [0.2, 0.25) is 0 Å². The molecule has 0 aromatic heterocycles. The van der Waals surface area contributed by atoms with E-state index in [0.29, 0.717) is 11.8 Å². The fourth-order valence-corrected chi connectivity index (χ4v) is 1.81. The molecule has 0 saturated heterocycles. The molecule has 0 radical (unpaired) electrons. The monoisotopic (exact) mass is 278 g/mol. The van der Waals surface area contributed by atoms with Gasteiger partial charge in [-0.05, 0) is 48.8 Å². The van der Waals surface area contributed by atoms with Gasteiger partial charge >= 0.3 is 0 Å². The summed E-state index contributed by atoms with van der Waals surface area (Å²) in [5.41, 5.74) is 1.29. The molecule has 0 aliphatic carbocycles. The molecule has 2 nitrogen and oxygen atoms in total. The molecule has 1 aromatic carbocycles. The third kappa shape index (κ3) is 6.31. The quantitative estimate of drug-likeness (QED) is 0.625. The Morgan fingerprint density at radius 1 is 0.850 bits per heavy atom. The Kier molecular flexibility index (Phi) is 7.50. The van der Waals surface area contributed by atoms with Crippen LogP contribution in [0.25, 0.3) is 0 Å². The molecule has 0 bridgehead atoms. The molecule has 1 rings (SSSR count). The van der Waals surface area contributed by atoms with Crippen molar-refractivity contribution in [2.75, 3.05) is 13.2 Å². The van der Waals surface area contributed by atoms with Crippen LogP contribution in [0.1, 0.15) is 53.0 Å². The number of aryl methyl sites for hydroxylation is 1. The van der Waals surface area contributed by atoms with Gasteiger partial charge in [-0.15, -0.1) is 0 Å². The van der Waals surface area contributed by atoms with E-state index in [1.54, 1.807) is 0 Å². The summed E-state index contributed by atoms with van der Waals surface area (Å²) < 4.78 is 11.8. The minimum atomic E-state index is 0.662. The minimum absolute atomic E-state index is 0.662. The summed E-state index contributed by atoms with van der Waals surface area (Å²) in [7, 11) is 0. The van der Waals surface area contributed by atoms with Crippen LogP contribution in [0, 0.1) is 11.8 Å². The molecule has 114 valence electrons. The van der Waals surface area contributed by atoms with Crippen molar-refractivity contribution in [1.29, 1.82) is 0 Å². The van der Waals surface area contributed by atoms with E-state index in [1.807, 2.05) is 6.07 Å². The SMILES string of the molecule is CCc1ccc(OCCC(C)C)c(OCCC(C)C)c1. The molecule has 0 amide bonds. The fourth-order valence-electron chi connectivity index (χ4n) is 1.81. The zero-order chi connectivity index (χ0) is 15.0. The number of rotatable bonds is 9. The average molecular weight is 278 g/mol. The van der Waals surface area contributed by atoms with Crippen molar-refractivity contribution in [2.24, 2.45) is 11.8 Å². The molecule has 0 atom stereocenters. The van der Waals surface area contributed by atoms with Crippen molar-refractivity contribution < 1.29 is 9.47 Å². The van der Waals surface area contributed by atoms with Crippen LogP contribution < -0.4 is 9.47 Å². The maximum atomic E-state index is 5.92. The Balaban J connectivity index is 2.65. The van der Waals surface area contributed by atoms with Gasteiger partial charge in [0.1, 0.15) is 0 Å². The van der Waals surface area contributed by atoms with Crippen molar-refractivity contribution in [1.82, 2.24) is 0 Å². The molecular weight excluding hydrogens is 248 g/mol. The molecule has 0 unspecified atom stereocenters. The second-order valence-corrected chi connectivity index (χ2v) is 6.20. The largest absolute Gasteiger partial charge is 0.490 e. The second-order valence-electron chi connectivity index (χ2n) is 6.20. The Morgan fingerprint density at radius 3 is 1.90 bits per heavy atom. The van der Waals surface area contributed by atoms with Crippen LogP contribution in [-0.2, 0) is 6.42 Å². The normalized spacial score (nSPS) is 11.2. The first-order valence-corrected chi connectivity index (χ1v) is 7.91. The van der Waals surface area contributed by atoms with E-state index in [0.717, 1.165) is 44.0 Å². The maximum Gasteiger partial charge on any atom is 0.161 e. The van der Waals surface area contributed by atoms with E-state index in [2.05, 4.69) is 46.8 Å². The van der Waals surface area contributed by atoms with Crippen molar-refractivity contribution in [2.45, 2.75) is 53.9 Å². The molecule has 0 spiro atoms. The average Bonchev–Trinajstić information content (AvgIpc) is 2.39. The zero-order valence-electron chi connectivity index (χ0n) is 13.7. The predicted octanol–water partition coefficient (Wildman–Crippen LogP) is 5.10. The molecule has 0 fully saturated rings. The first-order chi connectivity index (χ1) is 9.52. The number of ether oxygens (including phenoxy) is 2. The molecule has 0 saturated carbocycles. The molecule has 0 N–H and O–H groups in total. The van der Waals surface area contributed by atoms with Crippen LogP contribution in [0.5, 0.6) is 11.5 Å². The van der Waals surface area contributed by atoms with Gasteiger partial charge in [-0.2, -0.15) is 0 Å². The third-order valence-corrected chi connectivity index (χ3v) is 3.32. The molecule has 0 aliphatic rings. The summed E-state index contributed by atoms with van der Waals surface area (Å²) >= 11 is 0. The van der Waals surface area contributed by atoms with Gasteiger partial charge in [-0.25, -0.2) is 0 Å². The van der Waals surface area contributed by atoms with Crippen LogP contribution in [0.4, 0.5) is 0 Å². The smallest absolute Gasteiger partial charge is 0.161 e. The predicted molar refractivity (Wildman–Crippen MR) is 85.7 cm³/mol. The van der Waals surface area contributed by atoms with E-state index >= 15 is 0 Å². The number of hydrogen-bond donors (Lipinski definition) is 0. The molecule has 20 heavy (non-hydrogen) atoms. The van der Waals surface area contributed by atoms with E-state index in [1.165, 1.54) is 5.56 Å². The van der Waals surface area contributed by atoms with Gasteiger partial charge in [-0.3, -0.25) is 0 Å². The van der Waals surface area contributed by atoms with E-state index in [9.17, 15) is 0 Å². The lowest BCUT2D eigenvalue weighted by atomic mass is 10.1. The Morgan fingerprint density at radius 2 is 1.40 bits per heavy atom. The van der Waals surface area contributed by atoms with Gasteiger partial charge in [0, 0.05) is 0 Å². The standard InChI is InChI=1S/C18H30O2/c1-6-16-7-8-17(19-11-9-14(2)3)18(13-16)20-12-10-15(4)5/h7-8,13-15H,6,9-12H2,1-5H3. The number of hydrogen-bond acceptors (Lipinski definition) is 2. The van der Waals surface area contributed by atoms with Gasteiger partial charge in [0.2, 0.25) is 0 Å². The first-order valence-electron chi connectivity index (χ1n) is 7.91. The fraction of sp³-hybridized carbons (Fsp3) is 0.667. The van der Waals surface area contributed by atoms with Crippen molar-refractivity contribution in [3.63, 3.8) is 0 Å². The van der Waals surface area contributed by atoms with Crippen molar-refractivity contribution in [3.8, 4) is 11.5 Å². The summed E-state index contributed by atoms with van der Waals surface area (Å²) in [4.78, 5) is 0. The van der Waals surface area contributed by atoms with Crippen molar-refractivity contribution >= 4 is 0 Å². The Hall–Kier alpha value is -1.18. The molecule has 0 aliphatic heterocycles. The van der Waals surface area contributed by atoms with Crippen LogP contribution in [-0.4, -0.2) is 13.2 Å². The summed E-state index contributed by atoms with van der Waals surface area (Å²) in [6.07, 6.45) is 3.16. The van der Waals surface area contributed by atoms with E-state index in [-0.39, 0.29) is 0 Å². The van der Waals surface area contributed by atoms with Gasteiger partial charge < -0.3 is 9.47 Å². The number of benzene rings is 1. The van der Waals surface area contributed by atoms with Gasteiger partial charge in [0.15, 0.2) is 11.5 Å². The van der Waals surface area contributed by atoms with Crippen LogP contribution in [0.15, 0.2) is 18.2 Å². The Bertz CT molecular complexity index is 383. The maximum absolute atomic E-state index is 5.92. The topological polar surface area (TPSA) is 18.5 Å². The first kappa shape index (κ1) is 16.9. The summed E-state index contributed by atoms with van der Waals surface area (Å²) in [6, 6.07) is 6.29. The highest BCUT2D eigenvalue weighted by Gasteiger charge is 2.07. The summed E-state index contributed by atoms with van der Waals surface area (Å²) in [5, 5.41) is 0. The molecular formula is C18H30O2. The second kappa shape index (κ2) is 8.89. The molecule has 2 heteroatoms. The molecule has 0 heterocycles. The highest BCUT2D eigenvalue weighted by Crippen LogP contribution is 2.29. The lowest BCUT2D eigenvalue weighted by Crippen LogP contribution is -2.06. The zero-order valence-corrected chi connectivity index (χ0v) is 13.7. The highest BCUT2D eigenvalue weighted by molar-refractivity contribution is 5.43. The third-order valence-electron chi connectivity index (χ3n) is 3.32. The van der Waals surface area contributed by atoms with Crippen LogP contribution >= 0.6 is 0 Å². The lowest BCUT2D eigenvalue weighted by molar-refractivity contribution is 0.246. The molecule has 1 aromatic rings. The highest BCUT2D eigenvalue weighted by atomic mass is 16.5.